The largest absolute Gasteiger partial charge is 0.301 e. The van der Waals surface area contributed by atoms with Crippen LogP contribution in [-0.4, -0.2) is 61.2 Å². The molecule has 0 spiro atoms. The minimum Gasteiger partial charge on any atom is -0.301 e. The van der Waals surface area contributed by atoms with Crippen LogP contribution in [-0.2, 0) is 0 Å². The molecule has 1 aliphatic heterocycles. The Bertz CT molecular complexity index is 334. The first kappa shape index (κ1) is 14.8. The third kappa shape index (κ3) is 3.47. The Morgan fingerprint density at radius 3 is 2.63 bits per heavy atom. The molecule has 0 aromatic rings. The van der Waals surface area contributed by atoms with Gasteiger partial charge in [0.05, 0.1) is 6.07 Å². The molecule has 0 radical (unpaired) electrons. The van der Waals surface area contributed by atoms with Gasteiger partial charge in [-0.3, -0.25) is 10.2 Å². The number of nitriles is 1. The van der Waals surface area contributed by atoms with Crippen molar-refractivity contribution in [2.75, 3.05) is 39.8 Å². The summed E-state index contributed by atoms with van der Waals surface area (Å²) >= 11 is 0. The topological polar surface area (TPSA) is 42.3 Å². The Morgan fingerprint density at radius 2 is 2.11 bits per heavy atom. The second-order valence-corrected chi connectivity index (χ2v) is 6.35. The summed E-state index contributed by atoms with van der Waals surface area (Å²) in [6, 6.07) is 3.21. The molecule has 2 aliphatic rings. The highest BCUT2D eigenvalue weighted by atomic mass is 15.3. The summed E-state index contributed by atoms with van der Waals surface area (Å²) in [6.45, 7) is 9.57. The highest BCUT2D eigenvalue weighted by molar-refractivity contribution is 5.17. The van der Waals surface area contributed by atoms with E-state index in [1.165, 1.54) is 12.8 Å². The highest BCUT2D eigenvalue weighted by Crippen LogP contribution is 2.40. The molecule has 2 unspecified atom stereocenters. The maximum atomic E-state index is 9.71. The summed E-state index contributed by atoms with van der Waals surface area (Å²) in [4.78, 5) is 4.88. The van der Waals surface area contributed by atoms with E-state index in [4.69, 9.17) is 0 Å². The third-order valence-corrected chi connectivity index (χ3v) is 4.68. The molecule has 1 heterocycles. The number of nitrogens with one attached hydrogen (secondary N) is 1. The van der Waals surface area contributed by atoms with Crippen LogP contribution in [0.3, 0.4) is 0 Å². The molecule has 1 saturated heterocycles. The van der Waals surface area contributed by atoms with E-state index in [2.05, 4.69) is 42.1 Å². The lowest BCUT2D eigenvalue weighted by Crippen LogP contribution is -2.59. The second-order valence-electron chi connectivity index (χ2n) is 6.35. The summed E-state index contributed by atoms with van der Waals surface area (Å²) < 4.78 is 0. The van der Waals surface area contributed by atoms with Crippen molar-refractivity contribution in [3.63, 3.8) is 0 Å². The number of likely N-dealkylation sites (N-methyl/N-ethyl adjacent to an activating group) is 1. The molecule has 4 heteroatoms. The van der Waals surface area contributed by atoms with Crippen LogP contribution in [0, 0.1) is 17.2 Å². The number of rotatable bonds is 6. The molecule has 0 aromatic carbocycles. The minimum absolute atomic E-state index is 0.300. The molecule has 2 atom stereocenters. The monoisotopic (exact) mass is 264 g/mol. The Kier molecular flexibility index (Phi) is 4.83. The van der Waals surface area contributed by atoms with Crippen molar-refractivity contribution in [3.8, 4) is 6.07 Å². The molecule has 1 aliphatic carbocycles. The molecular weight excluding hydrogens is 236 g/mol. The predicted molar refractivity (Wildman–Crippen MR) is 77.9 cm³/mol. The summed E-state index contributed by atoms with van der Waals surface area (Å²) in [5.74, 6) is 0.569. The molecule has 4 nitrogen and oxygen atoms in total. The molecule has 0 bridgehead atoms. The molecule has 0 amide bonds. The first-order valence-electron chi connectivity index (χ1n) is 7.70. The van der Waals surface area contributed by atoms with E-state index in [1.54, 1.807) is 0 Å². The SMILES string of the molecule is CCCNC(C#N)(CN1CCN(C)C(C)C1)C1CC1. The highest BCUT2D eigenvalue weighted by Gasteiger charge is 2.46. The van der Waals surface area contributed by atoms with E-state index < -0.39 is 0 Å². The van der Waals surface area contributed by atoms with Gasteiger partial charge in [0.1, 0.15) is 5.54 Å². The van der Waals surface area contributed by atoms with Gasteiger partial charge in [0, 0.05) is 32.2 Å². The molecule has 2 rings (SSSR count). The molecule has 1 N–H and O–H groups in total. The van der Waals surface area contributed by atoms with Crippen molar-refractivity contribution < 1.29 is 0 Å². The van der Waals surface area contributed by atoms with Gasteiger partial charge in [-0.1, -0.05) is 6.92 Å². The van der Waals surface area contributed by atoms with E-state index in [-0.39, 0.29) is 5.54 Å². The zero-order valence-corrected chi connectivity index (χ0v) is 12.7. The standard InChI is InChI=1S/C15H28N4/c1-4-7-17-15(11-16,14-5-6-14)12-19-9-8-18(3)13(2)10-19/h13-14,17H,4-10,12H2,1-3H3. The maximum Gasteiger partial charge on any atom is 0.122 e. The van der Waals surface area contributed by atoms with E-state index in [1.807, 2.05) is 0 Å². The van der Waals surface area contributed by atoms with Crippen molar-refractivity contribution in [2.24, 2.45) is 5.92 Å². The lowest BCUT2D eigenvalue weighted by molar-refractivity contribution is 0.0839. The maximum absolute atomic E-state index is 9.71. The van der Waals surface area contributed by atoms with Crippen LogP contribution in [0.2, 0.25) is 0 Å². The zero-order valence-electron chi connectivity index (χ0n) is 12.7. The van der Waals surface area contributed by atoms with Gasteiger partial charge >= 0.3 is 0 Å². The van der Waals surface area contributed by atoms with Crippen LogP contribution < -0.4 is 5.32 Å². The van der Waals surface area contributed by atoms with E-state index in [0.717, 1.165) is 39.1 Å². The lowest BCUT2D eigenvalue weighted by Gasteiger charge is -2.41. The number of hydrogen-bond donors (Lipinski definition) is 1. The average molecular weight is 264 g/mol. The Labute approximate surface area is 117 Å². The van der Waals surface area contributed by atoms with Crippen molar-refractivity contribution >= 4 is 0 Å². The van der Waals surface area contributed by atoms with Crippen molar-refractivity contribution in [2.45, 2.75) is 44.7 Å². The van der Waals surface area contributed by atoms with Gasteiger partial charge in [-0.05, 0) is 45.7 Å². The first-order chi connectivity index (χ1) is 9.11. The minimum atomic E-state index is -0.300. The number of nitrogens with zero attached hydrogens (tertiary/aromatic N) is 3. The van der Waals surface area contributed by atoms with Crippen molar-refractivity contribution in [1.29, 1.82) is 5.26 Å². The summed E-state index contributed by atoms with van der Waals surface area (Å²) in [6.07, 6.45) is 3.52. The van der Waals surface area contributed by atoms with Crippen LogP contribution in [0.4, 0.5) is 0 Å². The van der Waals surface area contributed by atoms with Crippen LogP contribution >= 0.6 is 0 Å². The first-order valence-corrected chi connectivity index (χ1v) is 7.70. The fourth-order valence-electron chi connectivity index (χ4n) is 3.04. The van der Waals surface area contributed by atoms with Crippen LogP contribution in [0.5, 0.6) is 0 Å². The van der Waals surface area contributed by atoms with Gasteiger partial charge in [0.25, 0.3) is 0 Å². The quantitative estimate of drug-likeness (QED) is 0.785. The van der Waals surface area contributed by atoms with Gasteiger partial charge in [-0.2, -0.15) is 5.26 Å². The van der Waals surface area contributed by atoms with Crippen LogP contribution in [0.1, 0.15) is 33.1 Å². The van der Waals surface area contributed by atoms with Crippen molar-refractivity contribution in [1.82, 2.24) is 15.1 Å². The number of hydrogen-bond acceptors (Lipinski definition) is 4. The smallest absolute Gasteiger partial charge is 0.122 e. The molecule has 1 saturated carbocycles. The number of piperazine rings is 1. The van der Waals surface area contributed by atoms with Gasteiger partial charge in [0.2, 0.25) is 0 Å². The van der Waals surface area contributed by atoms with Gasteiger partial charge in [-0.25, -0.2) is 0 Å². The van der Waals surface area contributed by atoms with Gasteiger partial charge < -0.3 is 4.90 Å². The van der Waals surface area contributed by atoms with E-state index in [9.17, 15) is 5.26 Å². The molecule has 108 valence electrons. The predicted octanol–water partition coefficient (Wildman–Crippen LogP) is 1.29. The lowest BCUT2D eigenvalue weighted by atomic mass is 9.93. The summed E-state index contributed by atoms with van der Waals surface area (Å²) in [5.41, 5.74) is -0.300. The van der Waals surface area contributed by atoms with Gasteiger partial charge in [-0.15, -0.1) is 0 Å². The fourth-order valence-corrected chi connectivity index (χ4v) is 3.04. The Hall–Kier alpha value is -0.630. The average Bonchev–Trinajstić information content (AvgIpc) is 3.23. The summed E-state index contributed by atoms with van der Waals surface area (Å²) in [5, 5.41) is 13.3. The fraction of sp³-hybridized carbons (Fsp3) is 0.933. The van der Waals surface area contributed by atoms with E-state index in [0.29, 0.717) is 12.0 Å². The zero-order chi connectivity index (χ0) is 13.9. The normalized spacial score (nSPS) is 28.8. The molecule has 2 fully saturated rings. The second kappa shape index (κ2) is 6.21. The van der Waals surface area contributed by atoms with Crippen LogP contribution in [0.25, 0.3) is 0 Å². The Morgan fingerprint density at radius 1 is 1.37 bits per heavy atom. The van der Waals surface area contributed by atoms with Gasteiger partial charge in [0.15, 0.2) is 0 Å². The Balaban J connectivity index is 1.98. The molecule has 19 heavy (non-hydrogen) atoms. The molecular formula is C15H28N4. The third-order valence-electron chi connectivity index (χ3n) is 4.68. The molecule has 0 aromatic heterocycles. The van der Waals surface area contributed by atoms with Crippen molar-refractivity contribution in [3.05, 3.63) is 0 Å². The van der Waals surface area contributed by atoms with Crippen LogP contribution in [0.15, 0.2) is 0 Å². The summed E-state index contributed by atoms with van der Waals surface area (Å²) in [7, 11) is 2.19. The van der Waals surface area contributed by atoms with E-state index >= 15 is 0 Å².